The molecular formula is C24H26N2O3. The van der Waals surface area contributed by atoms with Gasteiger partial charge in [0.15, 0.2) is 0 Å². The zero-order chi connectivity index (χ0) is 20.2. The summed E-state index contributed by atoms with van der Waals surface area (Å²) in [6, 6.07) is 20.1. The highest BCUT2D eigenvalue weighted by molar-refractivity contribution is 5.96. The van der Waals surface area contributed by atoms with Crippen LogP contribution in [0.4, 0.5) is 11.4 Å². The Bertz CT molecular complexity index is 995. The molecule has 0 aromatic heterocycles. The van der Waals surface area contributed by atoms with Gasteiger partial charge in [-0.05, 0) is 59.7 Å². The van der Waals surface area contributed by atoms with E-state index in [2.05, 4.69) is 28.4 Å². The summed E-state index contributed by atoms with van der Waals surface area (Å²) >= 11 is 0. The summed E-state index contributed by atoms with van der Waals surface area (Å²) < 4.78 is 10.7. The third-order valence-corrected chi connectivity index (χ3v) is 5.48. The van der Waals surface area contributed by atoms with E-state index in [4.69, 9.17) is 9.47 Å². The molecule has 29 heavy (non-hydrogen) atoms. The Hall–Kier alpha value is -3.05. The number of ether oxygens (including phenoxy) is 2. The summed E-state index contributed by atoms with van der Waals surface area (Å²) in [5.41, 5.74) is 2.96. The first-order valence-corrected chi connectivity index (χ1v) is 9.95. The van der Waals surface area contributed by atoms with Crippen LogP contribution >= 0.6 is 0 Å². The highest BCUT2D eigenvalue weighted by atomic mass is 16.5. The Labute approximate surface area is 171 Å². The van der Waals surface area contributed by atoms with Crippen LogP contribution in [0.1, 0.15) is 18.4 Å². The van der Waals surface area contributed by atoms with Gasteiger partial charge < -0.3 is 19.7 Å². The van der Waals surface area contributed by atoms with Crippen molar-refractivity contribution in [1.82, 2.24) is 0 Å². The molecule has 0 saturated carbocycles. The molecule has 1 amide bonds. The number of fused-ring (bicyclic) bond motifs is 1. The quantitative estimate of drug-likeness (QED) is 0.700. The Morgan fingerprint density at radius 2 is 1.69 bits per heavy atom. The molecule has 150 valence electrons. The van der Waals surface area contributed by atoms with Gasteiger partial charge in [0.25, 0.3) is 0 Å². The largest absolute Gasteiger partial charge is 0.497 e. The number of methoxy groups -OCH3 is 1. The maximum absolute atomic E-state index is 12.8. The number of nitrogens with zero attached hydrogens (tertiary/aromatic N) is 1. The van der Waals surface area contributed by atoms with Crippen LogP contribution in [0.25, 0.3) is 10.8 Å². The first-order chi connectivity index (χ1) is 14.1. The molecule has 3 aromatic rings. The third kappa shape index (κ3) is 4.35. The van der Waals surface area contributed by atoms with E-state index in [1.54, 1.807) is 7.11 Å². The fourth-order valence-electron chi connectivity index (χ4n) is 3.62. The monoisotopic (exact) mass is 390 g/mol. The van der Waals surface area contributed by atoms with Crippen molar-refractivity contribution >= 4 is 28.1 Å². The number of carbonyl (C=O) groups excluding carboxylic acids is 1. The minimum Gasteiger partial charge on any atom is -0.497 e. The number of hydrogen-bond donors (Lipinski definition) is 1. The second kappa shape index (κ2) is 8.53. The number of carbonyl (C=O) groups is 1. The molecule has 1 aliphatic heterocycles. The molecule has 5 heteroatoms. The molecule has 0 radical (unpaired) electrons. The van der Waals surface area contributed by atoms with Crippen LogP contribution in [0.15, 0.2) is 60.7 Å². The minimum atomic E-state index is -0.250. The summed E-state index contributed by atoms with van der Waals surface area (Å²) in [7, 11) is 1.66. The average Bonchev–Trinajstić information content (AvgIpc) is 2.79. The Morgan fingerprint density at radius 3 is 2.41 bits per heavy atom. The van der Waals surface area contributed by atoms with Gasteiger partial charge in [-0.3, -0.25) is 4.79 Å². The zero-order valence-corrected chi connectivity index (χ0v) is 16.9. The van der Waals surface area contributed by atoms with Crippen molar-refractivity contribution in [2.24, 2.45) is 0 Å². The zero-order valence-electron chi connectivity index (χ0n) is 16.9. The Kier molecular flexibility index (Phi) is 5.67. The van der Waals surface area contributed by atoms with Crippen molar-refractivity contribution in [3.8, 4) is 5.75 Å². The molecule has 1 aliphatic rings. The molecule has 0 bridgehead atoms. The summed E-state index contributed by atoms with van der Waals surface area (Å²) in [6.45, 7) is 5.25. The molecule has 1 unspecified atom stereocenters. The van der Waals surface area contributed by atoms with Gasteiger partial charge in [-0.25, -0.2) is 0 Å². The highest BCUT2D eigenvalue weighted by Crippen LogP contribution is 2.26. The predicted octanol–water partition coefficient (Wildman–Crippen LogP) is 4.43. The SMILES string of the molecule is COc1ccc2cc(C(C)C(=O)Nc3ccc(N4CCOCC4)cc3)ccc2c1. The number of nitrogens with one attached hydrogen (secondary N) is 1. The summed E-state index contributed by atoms with van der Waals surface area (Å²) in [5, 5.41) is 5.23. The number of rotatable bonds is 5. The highest BCUT2D eigenvalue weighted by Gasteiger charge is 2.16. The lowest BCUT2D eigenvalue weighted by Gasteiger charge is -2.29. The van der Waals surface area contributed by atoms with Gasteiger partial charge in [-0.15, -0.1) is 0 Å². The first-order valence-electron chi connectivity index (χ1n) is 9.95. The Balaban J connectivity index is 1.44. The lowest BCUT2D eigenvalue weighted by atomic mass is 9.97. The number of hydrogen-bond acceptors (Lipinski definition) is 4. The van der Waals surface area contributed by atoms with Crippen LogP contribution in [0.5, 0.6) is 5.75 Å². The lowest BCUT2D eigenvalue weighted by Crippen LogP contribution is -2.36. The third-order valence-electron chi connectivity index (χ3n) is 5.48. The molecule has 1 fully saturated rings. The van der Waals surface area contributed by atoms with Crippen LogP contribution in [0.3, 0.4) is 0 Å². The molecule has 0 spiro atoms. The van der Waals surface area contributed by atoms with Crippen molar-refractivity contribution in [3.05, 3.63) is 66.2 Å². The molecule has 1 heterocycles. The summed E-state index contributed by atoms with van der Waals surface area (Å²) in [4.78, 5) is 15.1. The van der Waals surface area contributed by atoms with E-state index >= 15 is 0 Å². The van der Waals surface area contributed by atoms with Gasteiger partial charge in [-0.2, -0.15) is 0 Å². The maximum atomic E-state index is 12.8. The maximum Gasteiger partial charge on any atom is 0.231 e. The van der Waals surface area contributed by atoms with Crippen LogP contribution in [0.2, 0.25) is 0 Å². The molecular weight excluding hydrogens is 364 g/mol. The van der Waals surface area contributed by atoms with Gasteiger partial charge >= 0.3 is 0 Å². The van der Waals surface area contributed by atoms with Crippen LogP contribution in [0, 0.1) is 0 Å². The predicted molar refractivity (Wildman–Crippen MR) is 117 cm³/mol. The molecule has 0 aliphatic carbocycles. The van der Waals surface area contributed by atoms with Gasteiger partial charge in [0, 0.05) is 24.5 Å². The van der Waals surface area contributed by atoms with E-state index in [0.717, 1.165) is 59.8 Å². The van der Waals surface area contributed by atoms with E-state index in [1.165, 1.54) is 0 Å². The number of morpholine rings is 1. The fraction of sp³-hybridized carbons (Fsp3) is 0.292. The normalized spacial score (nSPS) is 15.2. The van der Waals surface area contributed by atoms with Crippen LogP contribution in [-0.4, -0.2) is 39.3 Å². The van der Waals surface area contributed by atoms with Crippen molar-refractivity contribution in [2.45, 2.75) is 12.8 Å². The van der Waals surface area contributed by atoms with Gasteiger partial charge in [-0.1, -0.05) is 24.3 Å². The molecule has 1 saturated heterocycles. The van der Waals surface area contributed by atoms with Gasteiger partial charge in [0.1, 0.15) is 5.75 Å². The summed E-state index contributed by atoms with van der Waals surface area (Å²) in [6.07, 6.45) is 0. The lowest BCUT2D eigenvalue weighted by molar-refractivity contribution is -0.117. The van der Waals surface area contributed by atoms with Crippen molar-refractivity contribution < 1.29 is 14.3 Å². The molecule has 1 N–H and O–H groups in total. The molecule has 4 rings (SSSR count). The second-order valence-electron chi connectivity index (χ2n) is 7.33. The van der Waals surface area contributed by atoms with Crippen molar-refractivity contribution in [3.63, 3.8) is 0 Å². The van der Waals surface area contributed by atoms with Gasteiger partial charge in [0.05, 0.1) is 26.2 Å². The summed E-state index contributed by atoms with van der Waals surface area (Å²) in [5.74, 6) is 0.564. The Morgan fingerprint density at radius 1 is 1.00 bits per heavy atom. The first kappa shape index (κ1) is 19.3. The minimum absolute atomic E-state index is 0.0167. The van der Waals surface area contributed by atoms with E-state index in [-0.39, 0.29) is 11.8 Å². The fourth-order valence-corrected chi connectivity index (χ4v) is 3.62. The van der Waals surface area contributed by atoms with E-state index < -0.39 is 0 Å². The molecule has 5 nitrogen and oxygen atoms in total. The van der Waals surface area contributed by atoms with E-state index in [9.17, 15) is 4.79 Å². The van der Waals surface area contributed by atoms with E-state index in [1.807, 2.05) is 49.4 Å². The average molecular weight is 390 g/mol. The molecule has 1 atom stereocenters. The van der Waals surface area contributed by atoms with Crippen molar-refractivity contribution in [2.75, 3.05) is 43.6 Å². The topological polar surface area (TPSA) is 50.8 Å². The number of benzene rings is 3. The van der Waals surface area contributed by atoms with Gasteiger partial charge in [0.2, 0.25) is 5.91 Å². The van der Waals surface area contributed by atoms with E-state index in [0.29, 0.717) is 0 Å². The van der Waals surface area contributed by atoms with Crippen LogP contribution in [-0.2, 0) is 9.53 Å². The van der Waals surface area contributed by atoms with Crippen molar-refractivity contribution in [1.29, 1.82) is 0 Å². The number of anilines is 2. The number of amides is 1. The standard InChI is InChI=1S/C24H26N2O3/c1-17(18-3-4-20-16-23(28-2)10-5-19(20)15-18)24(27)25-21-6-8-22(9-7-21)26-11-13-29-14-12-26/h3-10,15-17H,11-14H2,1-2H3,(H,25,27). The second-order valence-corrected chi connectivity index (χ2v) is 7.33. The molecule has 3 aromatic carbocycles. The van der Waals surface area contributed by atoms with Crippen LogP contribution < -0.4 is 15.0 Å². The smallest absolute Gasteiger partial charge is 0.231 e.